The fourth-order valence-electron chi connectivity index (χ4n) is 2.38. The number of nitriles is 1. The maximum absolute atomic E-state index is 13.3. The summed E-state index contributed by atoms with van der Waals surface area (Å²) >= 11 is 5.85. The molecule has 0 bridgehead atoms. The molecule has 21 heavy (non-hydrogen) atoms. The van der Waals surface area contributed by atoms with Gasteiger partial charge in [-0.05, 0) is 43.3 Å². The van der Waals surface area contributed by atoms with Gasteiger partial charge in [0.25, 0.3) is 0 Å². The molecule has 0 aliphatic heterocycles. The normalized spacial score (nSPS) is 10.8. The molecule has 3 aromatic rings. The third-order valence-electron chi connectivity index (χ3n) is 3.37. The van der Waals surface area contributed by atoms with Gasteiger partial charge in [-0.3, -0.25) is 0 Å². The molecule has 0 unspecified atom stereocenters. The zero-order valence-electron chi connectivity index (χ0n) is 11.3. The molecule has 0 radical (unpaired) electrons. The van der Waals surface area contributed by atoms with Gasteiger partial charge in [-0.2, -0.15) is 5.26 Å². The highest BCUT2D eigenvalue weighted by Gasteiger charge is 2.13. The van der Waals surface area contributed by atoms with E-state index in [1.54, 1.807) is 24.3 Å². The van der Waals surface area contributed by atoms with Gasteiger partial charge in [0.15, 0.2) is 0 Å². The number of halogens is 2. The van der Waals surface area contributed by atoms with Crippen LogP contribution in [0.15, 0.2) is 36.4 Å². The number of aryl methyl sites for hydroxylation is 1. The van der Waals surface area contributed by atoms with Crippen LogP contribution in [-0.2, 0) is 6.54 Å². The Labute approximate surface area is 126 Å². The summed E-state index contributed by atoms with van der Waals surface area (Å²) in [6.07, 6.45) is 0. The van der Waals surface area contributed by atoms with Crippen molar-refractivity contribution in [3.8, 4) is 17.5 Å². The summed E-state index contributed by atoms with van der Waals surface area (Å²) in [6.45, 7) is 2.72. The summed E-state index contributed by atoms with van der Waals surface area (Å²) < 4.78 is 15.3. The van der Waals surface area contributed by atoms with Crippen LogP contribution < -0.4 is 0 Å². The van der Waals surface area contributed by atoms with Crippen molar-refractivity contribution in [1.29, 1.82) is 5.26 Å². The van der Waals surface area contributed by atoms with Crippen molar-refractivity contribution in [2.45, 2.75) is 13.5 Å². The highest BCUT2D eigenvalue weighted by atomic mass is 35.5. The second-order valence-corrected chi connectivity index (χ2v) is 5.03. The van der Waals surface area contributed by atoms with Crippen LogP contribution in [0.5, 0.6) is 0 Å². The van der Waals surface area contributed by atoms with Crippen LogP contribution >= 0.6 is 11.6 Å². The number of imidazole rings is 1. The topological polar surface area (TPSA) is 41.6 Å². The van der Waals surface area contributed by atoms with Crippen LogP contribution in [0.25, 0.3) is 22.4 Å². The highest BCUT2D eigenvalue weighted by molar-refractivity contribution is 6.31. The fourth-order valence-corrected chi connectivity index (χ4v) is 2.56. The SMILES string of the molecule is CCn1c(-c2ccc(F)c(Cl)c2)nc2cc(C#N)ccc21. The van der Waals surface area contributed by atoms with E-state index < -0.39 is 5.82 Å². The summed E-state index contributed by atoms with van der Waals surface area (Å²) in [5.74, 6) is 0.260. The smallest absolute Gasteiger partial charge is 0.141 e. The molecule has 3 nitrogen and oxygen atoms in total. The van der Waals surface area contributed by atoms with Crippen LogP contribution in [0.2, 0.25) is 5.02 Å². The Morgan fingerprint density at radius 1 is 1.29 bits per heavy atom. The Bertz CT molecular complexity index is 877. The minimum atomic E-state index is -0.452. The zero-order chi connectivity index (χ0) is 15.0. The lowest BCUT2D eigenvalue weighted by atomic mass is 10.2. The van der Waals surface area contributed by atoms with Gasteiger partial charge in [0.1, 0.15) is 11.6 Å². The van der Waals surface area contributed by atoms with Crippen LogP contribution in [0.1, 0.15) is 12.5 Å². The van der Waals surface area contributed by atoms with Crippen molar-refractivity contribution in [2.75, 3.05) is 0 Å². The lowest BCUT2D eigenvalue weighted by Crippen LogP contribution is -1.97. The van der Waals surface area contributed by atoms with E-state index in [9.17, 15) is 4.39 Å². The number of benzene rings is 2. The molecule has 0 fully saturated rings. The van der Waals surface area contributed by atoms with Crippen LogP contribution in [0.3, 0.4) is 0 Å². The predicted octanol–water partition coefficient (Wildman–Crippen LogP) is 4.39. The van der Waals surface area contributed by atoms with E-state index in [0.717, 1.165) is 16.6 Å². The van der Waals surface area contributed by atoms with E-state index in [1.165, 1.54) is 6.07 Å². The van der Waals surface area contributed by atoms with E-state index in [-0.39, 0.29) is 5.02 Å². The second-order valence-electron chi connectivity index (χ2n) is 4.62. The molecule has 3 rings (SSSR count). The lowest BCUT2D eigenvalue weighted by Gasteiger charge is -2.06. The molecule has 0 saturated heterocycles. The Balaban J connectivity index is 2.26. The van der Waals surface area contributed by atoms with Gasteiger partial charge in [-0.1, -0.05) is 11.6 Å². The zero-order valence-corrected chi connectivity index (χ0v) is 12.0. The minimum absolute atomic E-state index is 0.0694. The van der Waals surface area contributed by atoms with E-state index in [1.807, 2.05) is 17.6 Å². The van der Waals surface area contributed by atoms with E-state index in [4.69, 9.17) is 16.9 Å². The molecule has 0 saturated carbocycles. The molecular formula is C16H11ClFN3. The van der Waals surface area contributed by atoms with Crippen molar-refractivity contribution in [2.24, 2.45) is 0 Å². The van der Waals surface area contributed by atoms with Gasteiger partial charge in [-0.25, -0.2) is 9.37 Å². The molecule has 104 valence electrons. The predicted molar refractivity (Wildman–Crippen MR) is 80.5 cm³/mol. The van der Waals surface area contributed by atoms with Gasteiger partial charge >= 0.3 is 0 Å². The number of hydrogen-bond acceptors (Lipinski definition) is 2. The first-order valence-corrected chi connectivity index (χ1v) is 6.87. The molecule has 0 aliphatic carbocycles. The summed E-state index contributed by atoms with van der Waals surface area (Å²) in [5, 5.41) is 9.04. The van der Waals surface area contributed by atoms with Gasteiger partial charge in [-0.15, -0.1) is 0 Å². The summed E-state index contributed by atoms with van der Waals surface area (Å²) in [7, 11) is 0. The number of nitrogens with zero attached hydrogens (tertiary/aromatic N) is 3. The molecule has 5 heteroatoms. The molecule has 0 spiro atoms. The first-order valence-electron chi connectivity index (χ1n) is 6.50. The largest absolute Gasteiger partial charge is 0.324 e. The number of fused-ring (bicyclic) bond motifs is 1. The molecule has 0 atom stereocenters. The lowest BCUT2D eigenvalue weighted by molar-refractivity contribution is 0.628. The second kappa shape index (κ2) is 5.19. The van der Waals surface area contributed by atoms with E-state index in [0.29, 0.717) is 17.9 Å². The quantitative estimate of drug-likeness (QED) is 0.704. The van der Waals surface area contributed by atoms with Crippen molar-refractivity contribution < 1.29 is 4.39 Å². The Kier molecular flexibility index (Phi) is 3.36. The standard InChI is InChI=1S/C16H11ClFN3/c1-2-21-15-6-3-10(9-19)7-14(15)20-16(21)11-4-5-13(18)12(17)8-11/h3-8H,2H2,1H3. The molecular weight excluding hydrogens is 289 g/mol. The number of rotatable bonds is 2. The fraction of sp³-hybridized carbons (Fsp3) is 0.125. The van der Waals surface area contributed by atoms with E-state index >= 15 is 0 Å². The highest BCUT2D eigenvalue weighted by Crippen LogP contribution is 2.28. The molecule has 0 aliphatic rings. The Morgan fingerprint density at radius 3 is 2.76 bits per heavy atom. The molecule has 2 aromatic carbocycles. The average Bonchev–Trinajstić information content (AvgIpc) is 2.87. The van der Waals surface area contributed by atoms with Gasteiger partial charge in [0.2, 0.25) is 0 Å². The average molecular weight is 300 g/mol. The van der Waals surface area contributed by atoms with Crippen molar-refractivity contribution in [3.63, 3.8) is 0 Å². The van der Waals surface area contributed by atoms with Crippen LogP contribution in [0.4, 0.5) is 4.39 Å². The summed E-state index contributed by atoms with van der Waals surface area (Å²) in [5.41, 5.74) is 2.99. The van der Waals surface area contributed by atoms with Gasteiger partial charge in [0.05, 0.1) is 27.7 Å². The first-order chi connectivity index (χ1) is 10.1. The molecule has 1 aromatic heterocycles. The van der Waals surface area contributed by atoms with Gasteiger partial charge in [0, 0.05) is 12.1 Å². The van der Waals surface area contributed by atoms with Gasteiger partial charge < -0.3 is 4.57 Å². The maximum Gasteiger partial charge on any atom is 0.141 e. The minimum Gasteiger partial charge on any atom is -0.324 e. The monoisotopic (exact) mass is 299 g/mol. The first kappa shape index (κ1) is 13.6. The Hall–Kier alpha value is -2.38. The molecule has 0 N–H and O–H groups in total. The van der Waals surface area contributed by atoms with Crippen molar-refractivity contribution >= 4 is 22.6 Å². The molecule has 1 heterocycles. The summed E-state index contributed by atoms with van der Waals surface area (Å²) in [6, 6.07) is 12.0. The molecule has 0 amide bonds. The van der Waals surface area contributed by atoms with Crippen LogP contribution in [0, 0.1) is 17.1 Å². The third kappa shape index (κ3) is 2.26. The Morgan fingerprint density at radius 2 is 2.10 bits per heavy atom. The number of hydrogen-bond donors (Lipinski definition) is 0. The number of aromatic nitrogens is 2. The third-order valence-corrected chi connectivity index (χ3v) is 3.66. The summed E-state index contributed by atoms with van der Waals surface area (Å²) in [4.78, 5) is 4.56. The van der Waals surface area contributed by atoms with Crippen molar-refractivity contribution in [1.82, 2.24) is 9.55 Å². The van der Waals surface area contributed by atoms with Crippen molar-refractivity contribution in [3.05, 3.63) is 52.8 Å². The van der Waals surface area contributed by atoms with E-state index in [2.05, 4.69) is 11.1 Å². The maximum atomic E-state index is 13.3. The van der Waals surface area contributed by atoms with Crippen LogP contribution in [-0.4, -0.2) is 9.55 Å².